The van der Waals surface area contributed by atoms with Gasteiger partial charge in [0, 0.05) is 5.69 Å². The third-order valence-corrected chi connectivity index (χ3v) is 2.60. The molecular formula is C13H11ClFNO. The highest BCUT2D eigenvalue weighted by Gasteiger charge is 2.04. The predicted molar refractivity (Wildman–Crippen MR) is 67.7 cm³/mol. The van der Waals surface area contributed by atoms with Crippen LogP contribution in [0.1, 0.15) is 0 Å². The van der Waals surface area contributed by atoms with Gasteiger partial charge in [-0.3, -0.25) is 0 Å². The summed E-state index contributed by atoms with van der Waals surface area (Å²) < 4.78 is 18.4. The van der Waals surface area contributed by atoms with Gasteiger partial charge in [0.25, 0.3) is 0 Å². The topological polar surface area (TPSA) is 21.3 Å². The molecule has 1 N–H and O–H groups in total. The van der Waals surface area contributed by atoms with Gasteiger partial charge in [0.2, 0.25) is 0 Å². The maximum absolute atomic E-state index is 13.4. The van der Waals surface area contributed by atoms with E-state index in [1.54, 1.807) is 43.5 Å². The van der Waals surface area contributed by atoms with Crippen LogP contribution in [-0.2, 0) is 0 Å². The third kappa shape index (κ3) is 2.68. The number of methoxy groups -OCH3 is 1. The number of halogens is 2. The van der Waals surface area contributed by atoms with Crippen LogP contribution in [0.25, 0.3) is 0 Å². The number of rotatable bonds is 3. The molecule has 2 nitrogen and oxygen atoms in total. The molecule has 17 heavy (non-hydrogen) atoms. The number of nitrogens with one attached hydrogen (secondary N) is 1. The number of benzene rings is 2. The normalized spacial score (nSPS) is 10.1. The lowest BCUT2D eigenvalue weighted by Gasteiger charge is -2.09. The Bertz CT molecular complexity index is 531. The van der Waals surface area contributed by atoms with E-state index in [1.807, 2.05) is 0 Å². The second-order valence-corrected chi connectivity index (χ2v) is 3.86. The van der Waals surface area contributed by atoms with Crippen LogP contribution in [0.4, 0.5) is 15.8 Å². The van der Waals surface area contributed by atoms with Crippen LogP contribution in [0, 0.1) is 5.82 Å². The number of hydrogen-bond acceptors (Lipinski definition) is 2. The van der Waals surface area contributed by atoms with Crippen molar-refractivity contribution in [2.75, 3.05) is 12.4 Å². The number of ether oxygens (including phenoxy) is 1. The van der Waals surface area contributed by atoms with Gasteiger partial charge < -0.3 is 10.1 Å². The smallest absolute Gasteiger partial charge is 0.146 e. The molecule has 0 heterocycles. The Morgan fingerprint density at radius 3 is 2.59 bits per heavy atom. The molecule has 0 aliphatic rings. The zero-order chi connectivity index (χ0) is 12.3. The predicted octanol–water partition coefficient (Wildman–Crippen LogP) is 4.23. The first-order valence-electron chi connectivity index (χ1n) is 5.06. The van der Waals surface area contributed by atoms with E-state index in [4.69, 9.17) is 16.3 Å². The van der Waals surface area contributed by atoms with Crippen molar-refractivity contribution in [2.45, 2.75) is 0 Å². The van der Waals surface area contributed by atoms with Gasteiger partial charge in [0.15, 0.2) is 0 Å². The molecule has 0 aliphatic carbocycles. The Hall–Kier alpha value is -1.74. The molecule has 0 saturated carbocycles. The van der Waals surface area contributed by atoms with E-state index in [0.29, 0.717) is 22.1 Å². The lowest BCUT2D eigenvalue weighted by molar-refractivity contribution is 0.415. The molecule has 0 spiro atoms. The molecule has 4 heteroatoms. The van der Waals surface area contributed by atoms with E-state index in [2.05, 4.69) is 5.32 Å². The van der Waals surface area contributed by atoms with Crippen LogP contribution in [0.3, 0.4) is 0 Å². The van der Waals surface area contributed by atoms with Crippen LogP contribution in [0.15, 0.2) is 42.5 Å². The van der Waals surface area contributed by atoms with Crippen molar-refractivity contribution in [1.29, 1.82) is 0 Å². The Kier molecular flexibility index (Phi) is 3.49. The Balaban J connectivity index is 2.25. The number of para-hydroxylation sites is 1. The Morgan fingerprint density at radius 2 is 1.94 bits per heavy atom. The lowest BCUT2D eigenvalue weighted by atomic mass is 10.2. The van der Waals surface area contributed by atoms with Crippen LogP contribution in [0.2, 0.25) is 5.02 Å². The van der Waals surface area contributed by atoms with Crippen molar-refractivity contribution >= 4 is 23.0 Å². The highest BCUT2D eigenvalue weighted by Crippen LogP contribution is 2.29. The van der Waals surface area contributed by atoms with Gasteiger partial charge >= 0.3 is 0 Å². The average Bonchev–Trinajstić information content (AvgIpc) is 2.32. The highest BCUT2D eigenvalue weighted by molar-refractivity contribution is 6.32. The first-order valence-corrected chi connectivity index (χ1v) is 5.43. The van der Waals surface area contributed by atoms with Gasteiger partial charge in [-0.1, -0.05) is 23.7 Å². The van der Waals surface area contributed by atoms with E-state index in [9.17, 15) is 4.39 Å². The van der Waals surface area contributed by atoms with Gasteiger partial charge in [0.05, 0.1) is 17.8 Å². The first kappa shape index (κ1) is 11.7. The van der Waals surface area contributed by atoms with Gasteiger partial charge in [-0.2, -0.15) is 0 Å². The molecule has 0 atom stereocenters. The van der Waals surface area contributed by atoms with Crippen molar-refractivity contribution in [3.05, 3.63) is 53.3 Å². The highest BCUT2D eigenvalue weighted by atomic mass is 35.5. The summed E-state index contributed by atoms with van der Waals surface area (Å²) in [6.45, 7) is 0. The molecule has 0 aromatic heterocycles. The molecule has 0 radical (unpaired) electrons. The standard InChI is InChI=1S/C13H11ClFNO/c1-17-13-7-6-9(8-10(13)14)16-12-5-3-2-4-11(12)15/h2-8,16H,1H3. The molecule has 0 bridgehead atoms. The minimum atomic E-state index is -0.306. The number of anilines is 2. The third-order valence-electron chi connectivity index (χ3n) is 2.30. The van der Waals surface area contributed by atoms with Gasteiger partial charge in [-0.05, 0) is 30.3 Å². The van der Waals surface area contributed by atoms with Gasteiger partial charge in [-0.15, -0.1) is 0 Å². The first-order chi connectivity index (χ1) is 8.20. The summed E-state index contributed by atoms with van der Waals surface area (Å²) in [7, 11) is 1.55. The minimum absolute atomic E-state index is 0.306. The fraction of sp³-hybridized carbons (Fsp3) is 0.0769. The van der Waals surface area contributed by atoms with Crippen molar-refractivity contribution in [1.82, 2.24) is 0 Å². The number of hydrogen-bond donors (Lipinski definition) is 1. The van der Waals surface area contributed by atoms with Crippen LogP contribution >= 0.6 is 11.6 Å². The zero-order valence-electron chi connectivity index (χ0n) is 9.21. The molecule has 0 amide bonds. The second-order valence-electron chi connectivity index (χ2n) is 3.45. The maximum Gasteiger partial charge on any atom is 0.146 e. The summed E-state index contributed by atoms with van der Waals surface area (Å²) in [4.78, 5) is 0. The fourth-order valence-electron chi connectivity index (χ4n) is 1.46. The molecular weight excluding hydrogens is 241 g/mol. The SMILES string of the molecule is COc1ccc(Nc2ccccc2F)cc1Cl. The minimum Gasteiger partial charge on any atom is -0.495 e. The quantitative estimate of drug-likeness (QED) is 0.881. The van der Waals surface area contributed by atoms with Gasteiger partial charge in [-0.25, -0.2) is 4.39 Å². The summed E-state index contributed by atoms with van der Waals surface area (Å²) in [5.74, 6) is 0.283. The summed E-state index contributed by atoms with van der Waals surface area (Å²) in [5, 5.41) is 3.43. The van der Waals surface area contributed by atoms with E-state index >= 15 is 0 Å². The van der Waals surface area contributed by atoms with Gasteiger partial charge in [0.1, 0.15) is 11.6 Å². The molecule has 2 aromatic rings. The maximum atomic E-state index is 13.4. The molecule has 0 unspecified atom stereocenters. The molecule has 2 rings (SSSR count). The zero-order valence-corrected chi connectivity index (χ0v) is 9.96. The molecule has 0 fully saturated rings. The summed E-state index contributed by atoms with van der Waals surface area (Å²) in [5.41, 5.74) is 1.12. The fourth-order valence-corrected chi connectivity index (χ4v) is 1.72. The van der Waals surface area contributed by atoms with E-state index in [0.717, 1.165) is 0 Å². The molecule has 0 aliphatic heterocycles. The van der Waals surface area contributed by atoms with Crippen LogP contribution in [0.5, 0.6) is 5.75 Å². The second kappa shape index (κ2) is 5.06. The Morgan fingerprint density at radius 1 is 1.18 bits per heavy atom. The van der Waals surface area contributed by atoms with E-state index < -0.39 is 0 Å². The van der Waals surface area contributed by atoms with Crippen LogP contribution < -0.4 is 10.1 Å². The summed E-state index contributed by atoms with van der Waals surface area (Å²) >= 11 is 5.98. The molecule has 0 saturated heterocycles. The molecule has 88 valence electrons. The largest absolute Gasteiger partial charge is 0.495 e. The van der Waals surface area contributed by atoms with Crippen molar-refractivity contribution in [3.63, 3.8) is 0 Å². The van der Waals surface area contributed by atoms with E-state index in [-0.39, 0.29) is 5.82 Å². The van der Waals surface area contributed by atoms with E-state index in [1.165, 1.54) is 6.07 Å². The summed E-state index contributed by atoms with van der Waals surface area (Å²) in [6, 6.07) is 11.6. The van der Waals surface area contributed by atoms with Crippen molar-refractivity contribution in [2.24, 2.45) is 0 Å². The van der Waals surface area contributed by atoms with Crippen LogP contribution in [-0.4, -0.2) is 7.11 Å². The summed E-state index contributed by atoms with van der Waals surface area (Å²) in [6.07, 6.45) is 0. The monoisotopic (exact) mass is 251 g/mol. The lowest BCUT2D eigenvalue weighted by Crippen LogP contribution is -1.94. The molecule has 2 aromatic carbocycles. The van der Waals surface area contributed by atoms with Crippen molar-refractivity contribution < 1.29 is 9.13 Å². The average molecular weight is 252 g/mol. The van der Waals surface area contributed by atoms with Crippen molar-refractivity contribution in [3.8, 4) is 5.75 Å². The Labute approximate surface area is 104 Å².